The van der Waals surface area contributed by atoms with Crippen LogP contribution in [0.5, 0.6) is 5.75 Å². The Morgan fingerprint density at radius 3 is 2.74 bits per heavy atom. The molecule has 0 aliphatic heterocycles. The summed E-state index contributed by atoms with van der Waals surface area (Å²) >= 11 is 6.22. The summed E-state index contributed by atoms with van der Waals surface area (Å²) in [5.74, 6) is 6.12. The van der Waals surface area contributed by atoms with Crippen molar-refractivity contribution in [3.8, 4) is 28.8 Å². The van der Waals surface area contributed by atoms with E-state index < -0.39 is 0 Å². The number of hydrogen-bond acceptors (Lipinski definition) is 5. The van der Waals surface area contributed by atoms with Gasteiger partial charge < -0.3 is 19.9 Å². The van der Waals surface area contributed by atoms with Crippen molar-refractivity contribution in [3.05, 3.63) is 64.9 Å². The fourth-order valence-electron chi connectivity index (χ4n) is 2.79. The molecule has 2 amide bonds. The number of aryl methyl sites for hydroxylation is 1. The number of nitrogens with one attached hydrogen (secondary N) is 2. The van der Waals surface area contributed by atoms with Crippen LogP contribution in [0.25, 0.3) is 11.3 Å². The van der Waals surface area contributed by atoms with Crippen LogP contribution in [-0.4, -0.2) is 30.1 Å². The van der Waals surface area contributed by atoms with Crippen molar-refractivity contribution in [2.45, 2.75) is 13.8 Å². The number of rotatable bonds is 6. The van der Waals surface area contributed by atoms with Gasteiger partial charge >= 0.3 is 0 Å². The number of anilines is 1. The van der Waals surface area contributed by atoms with Crippen LogP contribution in [-0.2, 0) is 4.79 Å². The van der Waals surface area contributed by atoms with Crippen LogP contribution in [0.3, 0.4) is 0 Å². The first-order chi connectivity index (χ1) is 15.0. The average molecular weight is 438 g/mol. The van der Waals surface area contributed by atoms with Crippen molar-refractivity contribution in [2.75, 3.05) is 18.5 Å². The van der Waals surface area contributed by atoms with E-state index in [4.69, 9.17) is 20.9 Å². The van der Waals surface area contributed by atoms with Crippen molar-refractivity contribution in [1.29, 1.82) is 0 Å². The molecule has 8 heteroatoms. The minimum absolute atomic E-state index is 0.126. The molecule has 7 nitrogen and oxygen atoms in total. The van der Waals surface area contributed by atoms with Gasteiger partial charge in [0.1, 0.15) is 29.4 Å². The molecule has 0 unspecified atom stereocenters. The number of halogens is 1. The topological polar surface area (TPSA) is 93.5 Å². The fraction of sp³-hybridized carbons (Fsp3) is 0.174. The highest BCUT2D eigenvalue weighted by molar-refractivity contribution is 6.33. The van der Waals surface area contributed by atoms with E-state index in [1.165, 1.54) is 6.92 Å². The number of nitrogens with zero attached hydrogens (tertiary/aromatic N) is 1. The molecule has 0 radical (unpaired) electrons. The molecule has 1 heterocycles. The van der Waals surface area contributed by atoms with Gasteiger partial charge in [-0.1, -0.05) is 52.9 Å². The Kier molecular flexibility index (Phi) is 7.31. The highest BCUT2D eigenvalue weighted by atomic mass is 35.5. The number of ether oxygens (including phenoxy) is 1. The predicted molar refractivity (Wildman–Crippen MR) is 118 cm³/mol. The van der Waals surface area contributed by atoms with Gasteiger partial charge in [0, 0.05) is 24.2 Å². The largest absolute Gasteiger partial charge is 0.481 e. The van der Waals surface area contributed by atoms with E-state index in [0.29, 0.717) is 39.0 Å². The van der Waals surface area contributed by atoms with E-state index in [1.54, 1.807) is 49.4 Å². The summed E-state index contributed by atoms with van der Waals surface area (Å²) in [7, 11) is 0. The number of hydrogen-bond donors (Lipinski definition) is 2. The maximum Gasteiger partial charge on any atom is 0.257 e. The molecule has 3 aromatic rings. The van der Waals surface area contributed by atoms with E-state index in [0.717, 1.165) is 0 Å². The standard InChI is InChI=1S/C23H20ClN3O4/c1-15-21(22(27-31-15)19-10-3-4-11-20(19)24)23(29)25-12-5-6-13-30-18-9-7-8-17(14-18)26-16(2)28/h3-4,7-11,14H,12-13H2,1-2H3,(H,25,29)(H,26,28). The zero-order valence-electron chi connectivity index (χ0n) is 17.0. The van der Waals surface area contributed by atoms with Crippen molar-refractivity contribution in [3.63, 3.8) is 0 Å². The Balaban J connectivity index is 1.55. The fourth-order valence-corrected chi connectivity index (χ4v) is 3.01. The molecule has 2 N–H and O–H groups in total. The van der Waals surface area contributed by atoms with Crippen LogP contribution >= 0.6 is 11.6 Å². The second kappa shape index (κ2) is 10.3. The lowest BCUT2D eigenvalue weighted by atomic mass is 10.1. The Morgan fingerprint density at radius 1 is 1.16 bits per heavy atom. The van der Waals surface area contributed by atoms with Crippen LogP contribution in [0.1, 0.15) is 23.0 Å². The molecule has 0 atom stereocenters. The molecule has 0 saturated heterocycles. The van der Waals surface area contributed by atoms with Crippen LogP contribution in [0.15, 0.2) is 53.1 Å². The van der Waals surface area contributed by atoms with Gasteiger partial charge in [-0.2, -0.15) is 0 Å². The second-order valence-corrected chi connectivity index (χ2v) is 6.88. The first-order valence-corrected chi connectivity index (χ1v) is 9.79. The lowest BCUT2D eigenvalue weighted by Gasteiger charge is -2.06. The zero-order valence-corrected chi connectivity index (χ0v) is 17.7. The summed E-state index contributed by atoms with van der Waals surface area (Å²) in [4.78, 5) is 23.7. The Bertz CT molecular complexity index is 1160. The predicted octanol–water partition coefficient (Wildman–Crippen LogP) is 4.07. The van der Waals surface area contributed by atoms with Crippen molar-refractivity contribution < 1.29 is 18.8 Å². The van der Waals surface area contributed by atoms with Gasteiger partial charge in [0.15, 0.2) is 0 Å². The number of aromatic nitrogens is 1. The Morgan fingerprint density at radius 2 is 1.97 bits per heavy atom. The maximum atomic E-state index is 12.6. The van der Waals surface area contributed by atoms with Gasteiger partial charge in [0.05, 0.1) is 11.6 Å². The molecule has 0 aliphatic carbocycles. The van der Waals surface area contributed by atoms with E-state index in [1.807, 2.05) is 6.07 Å². The Labute approximate surface area is 184 Å². The third-order valence-electron chi connectivity index (χ3n) is 4.15. The van der Waals surface area contributed by atoms with Gasteiger partial charge in [-0.15, -0.1) is 0 Å². The third-order valence-corrected chi connectivity index (χ3v) is 4.48. The molecule has 3 rings (SSSR count). The molecular weight excluding hydrogens is 418 g/mol. The molecule has 0 saturated carbocycles. The third kappa shape index (κ3) is 5.87. The van der Waals surface area contributed by atoms with Crippen LogP contribution in [0, 0.1) is 18.8 Å². The molecular formula is C23H20ClN3O4. The van der Waals surface area contributed by atoms with Crippen LogP contribution in [0.4, 0.5) is 5.69 Å². The summed E-state index contributed by atoms with van der Waals surface area (Å²) < 4.78 is 10.7. The molecule has 158 valence electrons. The van der Waals surface area contributed by atoms with Gasteiger partial charge in [-0.05, 0) is 25.1 Å². The maximum absolute atomic E-state index is 12.6. The SMILES string of the molecule is CC(=O)Nc1cccc(OCC#CCNC(=O)c2c(-c3ccccc3Cl)noc2C)c1. The highest BCUT2D eigenvalue weighted by Gasteiger charge is 2.22. The minimum Gasteiger partial charge on any atom is -0.481 e. The lowest BCUT2D eigenvalue weighted by Crippen LogP contribution is -2.24. The van der Waals surface area contributed by atoms with Gasteiger partial charge in [0.2, 0.25) is 5.91 Å². The number of carbonyl (C=O) groups is 2. The first kappa shape index (κ1) is 21.9. The molecule has 0 bridgehead atoms. The van der Waals surface area contributed by atoms with Gasteiger partial charge in [-0.3, -0.25) is 9.59 Å². The summed E-state index contributed by atoms with van der Waals surface area (Å²) in [6.07, 6.45) is 0. The second-order valence-electron chi connectivity index (χ2n) is 6.48. The summed E-state index contributed by atoms with van der Waals surface area (Å²) in [5, 5.41) is 9.87. The van der Waals surface area contributed by atoms with Crippen molar-refractivity contribution in [1.82, 2.24) is 10.5 Å². The Hall–Kier alpha value is -3.76. The molecule has 31 heavy (non-hydrogen) atoms. The number of benzene rings is 2. The molecule has 1 aromatic heterocycles. The minimum atomic E-state index is -0.355. The van der Waals surface area contributed by atoms with Crippen LogP contribution < -0.4 is 15.4 Å². The number of amides is 2. The number of carbonyl (C=O) groups excluding carboxylic acids is 2. The van der Waals surface area contributed by atoms with Crippen LogP contribution in [0.2, 0.25) is 5.02 Å². The average Bonchev–Trinajstić information content (AvgIpc) is 3.12. The summed E-state index contributed by atoms with van der Waals surface area (Å²) in [5.41, 5.74) is 1.97. The van der Waals surface area contributed by atoms with Gasteiger partial charge in [-0.25, -0.2) is 0 Å². The van der Waals surface area contributed by atoms with Gasteiger partial charge in [0.25, 0.3) is 5.91 Å². The summed E-state index contributed by atoms with van der Waals surface area (Å²) in [6, 6.07) is 14.1. The van der Waals surface area contributed by atoms with E-state index >= 15 is 0 Å². The van der Waals surface area contributed by atoms with E-state index in [-0.39, 0.29) is 25.0 Å². The smallest absolute Gasteiger partial charge is 0.257 e. The molecule has 0 spiro atoms. The zero-order chi connectivity index (χ0) is 22.2. The van der Waals surface area contributed by atoms with Crippen molar-refractivity contribution in [2.24, 2.45) is 0 Å². The highest BCUT2D eigenvalue weighted by Crippen LogP contribution is 2.30. The summed E-state index contributed by atoms with van der Waals surface area (Å²) in [6.45, 7) is 3.36. The quantitative estimate of drug-likeness (QED) is 0.567. The van der Waals surface area contributed by atoms with E-state index in [9.17, 15) is 9.59 Å². The molecule has 2 aromatic carbocycles. The molecule has 0 aliphatic rings. The monoisotopic (exact) mass is 437 g/mol. The van der Waals surface area contributed by atoms with E-state index in [2.05, 4.69) is 27.6 Å². The lowest BCUT2D eigenvalue weighted by molar-refractivity contribution is -0.114. The normalized spacial score (nSPS) is 10.0. The first-order valence-electron chi connectivity index (χ1n) is 9.41. The van der Waals surface area contributed by atoms with Crippen molar-refractivity contribution >= 4 is 29.1 Å². The molecule has 0 fully saturated rings.